The molecule has 0 bridgehead atoms. The lowest BCUT2D eigenvalue weighted by atomic mass is 9.83. The van der Waals surface area contributed by atoms with E-state index in [9.17, 15) is 8.42 Å². The van der Waals surface area contributed by atoms with Crippen LogP contribution in [0.5, 0.6) is 0 Å². The average Bonchev–Trinajstić information content (AvgIpc) is 2.56. The van der Waals surface area contributed by atoms with Crippen LogP contribution in [0.25, 0.3) is 0 Å². The Kier molecular flexibility index (Phi) is 4.84. The summed E-state index contributed by atoms with van der Waals surface area (Å²) in [5, 5.41) is 3.37. The van der Waals surface area contributed by atoms with Gasteiger partial charge in [-0.2, -0.15) is 0 Å². The van der Waals surface area contributed by atoms with Gasteiger partial charge in [-0.05, 0) is 38.7 Å². The van der Waals surface area contributed by atoms with Crippen LogP contribution in [0.15, 0.2) is 18.5 Å². The van der Waals surface area contributed by atoms with E-state index in [1.54, 1.807) is 29.7 Å². The van der Waals surface area contributed by atoms with Crippen molar-refractivity contribution in [3.8, 4) is 0 Å². The molecule has 1 atom stereocenters. The van der Waals surface area contributed by atoms with E-state index in [0.717, 1.165) is 25.7 Å². The zero-order valence-corrected chi connectivity index (χ0v) is 14.3. The van der Waals surface area contributed by atoms with Crippen molar-refractivity contribution in [1.82, 2.24) is 14.3 Å². The van der Waals surface area contributed by atoms with Gasteiger partial charge >= 0.3 is 0 Å². The van der Waals surface area contributed by atoms with Gasteiger partial charge in [0.1, 0.15) is 0 Å². The average molecular weight is 340 g/mol. The maximum Gasteiger partial charge on any atom is 0.222 e. The van der Waals surface area contributed by atoms with Crippen molar-refractivity contribution in [2.75, 3.05) is 30.8 Å². The molecular weight excluding hydrogens is 316 g/mol. The topological polar surface area (TPSA) is 84.4 Å². The minimum Gasteiger partial charge on any atom is -0.375 e. The van der Waals surface area contributed by atoms with Gasteiger partial charge < -0.3 is 10.1 Å². The van der Waals surface area contributed by atoms with E-state index in [1.807, 2.05) is 0 Å². The number of hydrogen-bond donors (Lipinski definition) is 1. The molecule has 2 saturated heterocycles. The van der Waals surface area contributed by atoms with Gasteiger partial charge in [-0.1, -0.05) is 0 Å². The van der Waals surface area contributed by atoms with Gasteiger partial charge in [0.2, 0.25) is 16.0 Å². The van der Waals surface area contributed by atoms with Gasteiger partial charge in [-0.25, -0.2) is 22.7 Å². The molecular formula is C15H24N4O3S. The Morgan fingerprint density at radius 1 is 1.35 bits per heavy atom. The van der Waals surface area contributed by atoms with Crippen molar-refractivity contribution in [3.05, 3.63) is 18.5 Å². The third kappa shape index (κ3) is 3.81. The van der Waals surface area contributed by atoms with Crippen LogP contribution in [0, 0.1) is 0 Å². The van der Waals surface area contributed by atoms with Crippen LogP contribution < -0.4 is 5.32 Å². The first kappa shape index (κ1) is 16.6. The first-order valence-electron chi connectivity index (χ1n) is 8.18. The molecule has 1 aromatic heterocycles. The molecule has 1 aromatic rings. The summed E-state index contributed by atoms with van der Waals surface area (Å²) in [6, 6.07) is 2.06. The number of ether oxygens (including phenoxy) is 1. The van der Waals surface area contributed by atoms with Gasteiger partial charge in [0.05, 0.1) is 11.4 Å². The maximum absolute atomic E-state index is 12.0. The quantitative estimate of drug-likeness (QED) is 0.888. The van der Waals surface area contributed by atoms with Crippen LogP contribution in [0.4, 0.5) is 5.95 Å². The molecule has 0 aromatic carbocycles. The summed E-state index contributed by atoms with van der Waals surface area (Å²) < 4.78 is 31.6. The lowest BCUT2D eigenvalue weighted by Crippen LogP contribution is -2.52. The normalized spacial score (nSPS) is 25.3. The number of piperidine rings is 1. The molecule has 0 saturated carbocycles. The highest BCUT2D eigenvalue weighted by molar-refractivity contribution is 7.89. The second-order valence-corrected chi connectivity index (χ2v) is 8.50. The summed E-state index contributed by atoms with van der Waals surface area (Å²) in [6.07, 6.45) is 6.72. The minimum atomic E-state index is -3.10. The number of sulfonamides is 1. The molecule has 0 unspecified atom stereocenters. The van der Waals surface area contributed by atoms with E-state index in [0.29, 0.717) is 25.6 Å². The maximum atomic E-state index is 12.0. The Bertz CT molecular complexity index is 615. The molecule has 23 heavy (non-hydrogen) atoms. The van der Waals surface area contributed by atoms with Crippen molar-refractivity contribution in [2.24, 2.45) is 0 Å². The molecule has 2 aliphatic heterocycles. The van der Waals surface area contributed by atoms with E-state index in [2.05, 4.69) is 15.3 Å². The van der Waals surface area contributed by atoms with Crippen molar-refractivity contribution < 1.29 is 13.2 Å². The standard InChI is InChI=1S/C15H24N4O3S/c1-2-23(20,21)19-9-5-15(6-10-19)12-13(4-11-22-15)18-14-16-7-3-8-17-14/h3,7-8,13H,2,4-6,9-12H2,1H3,(H,16,17,18)/t13-/m0/s1. The van der Waals surface area contributed by atoms with Crippen LogP contribution in [-0.2, 0) is 14.8 Å². The van der Waals surface area contributed by atoms with Gasteiger partial charge in [-0.3, -0.25) is 0 Å². The molecule has 0 radical (unpaired) electrons. The molecule has 1 N–H and O–H groups in total. The first-order chi connectivity index (χ1) is 11.0. The number of aromatic nitrogens is 2. The Morgan fingerprint density at radius 3 is 2.70 bits per heavy atom. The van der Waals surface area contributed by atoms with Gasteiger partial charge in [0, 0.05) is 38.1 Å². The summed E-state index contributed by atoms with van der Waals surface area (Å²) >= 11 is 0. The largest absolute Gasteiger partial charge is 0.375 e. The van der Waals surface area contributed by atoms with Crippen molar-refractivity contribution in [3.63, 3.8) is 0 Å². The lowest BCUT2D eigenvalue weighted by molar-refractivity contribution is -0.106. The van der Waals surface area contributed by atoms with Crippen LogP contribution in [-0.4, -0.2) is 59.8 Å². The predicted octanol–water partition coefficient (Wildman–Crippen LogP) is 1.25. The SMILES string of the molecule is CCS(=O)(=O)N1CCC2(CC1)C[C@@H](Nc1ncccn1)CCO2. The van der Waals surface area contributed by atoms with Crippen LogP contribution in [0.3, 0.4) is 0 Å². The summed E-state index contributed by atoms with van der Waals surface area (Å²) in [6.45, 7) is 3.47. The second-order valence-electron chi connectivity index (χ2n) is 6.24. The molecule has 0 aliphatic carbocycles. The van der Waals surface area contributed by atoms with Gasteiger partial charge in [0.15, 0.2) is 0 Å². The van der Waals surface area contributed by atoms with Crippen molar-refractivity contribution in [1.29, 1.82) is 0 Å². The fraction of sp³-hybridized carbons (Fsp3) is 0.733. The van der Waals surface area contributed by atoms with Crippen LogP contribution in [0.1, 0.15) is 32.6 Å². The number of nitrogens with one attached hydrogen (secondary N) is 1. The number of anilines is 1. The highest BCUT2D eigenvalue weighted by Gasteiger charge is 2.42. The third-order valence-electron chi connectivity index (χ3n) is 4.78. The Hall–Kier alpha value is -1.25. The minimum absolute atomic E-state index is 0.163. The van der Waals surface area contributed by atoms with Crippen molar-refractivity contribution in [2.45, 2.75) is 44.2 Å². The van der Waals surface area contributed by atoms with Crippen LogP contribution >= 0.6 is 0 Å². The van der Waals surface area contributed by atoms with Crippen molar-refractivity contribution >= 4 is 16.0 Å². The Balaban J connectivity index is 1.61. The molecule has 3 rings (SSSR count). The zero-order valence-electron chi connectivity index (χ0n) is 13.4. The molecule has 1 spiro atoms. The molecule has 3 heterocycles. The zero-order chi connectivity index (χ0) is 16.3. The number of rotatable bonds is 4. The third-order valence-corrected chi connectivity index (χ3v) is 6.67. The molecule has 2 fully saturated rings. The van der Waals surface area contributed by atoms with Gasteiger partial charge in [0.25, 0.3) is 0 Å². The number of hydrogen-bond acceptors (Lipinski definition) is 6. The Morgan fingerprint density at radius 2 is 2.04 bits per heavy atom. The molecule has 8 heteroatoms. The molecule has 7 nitrogen and oxygen atoms in total. The summed E-state index contributed by atoms with van der Waals surface area (Å²) in [5.74, 6) is 0.802. The second kappa shape index (κ2) is 6.70. The summed E-state index contributed by atoms with van der Waals surface area (Å²) in [5.41, 5.74) is -0.218. The van der Waals surface area contributed by atoms with E-state index >= 15 is 0 Å². The highest BCUT2D eigenvalue weighted by Crippen LogP contribution is 2.36. The summed E-state index contributed by atoms with van der Waals surface area (Å²) in [4.78, 5) is 8.42. The smallest absolute Gasteiger partial charge is 0.222 e. The molecule has 128 valence electrons. The highest BCUT2D eigenvalue weighted by atomic mass is 32.2. The van der Waals surface area contributed by atoms with Gasteiger partial charge in [-0.15, -0.1) is 0 Å². The van der Waals surface area contributed by atoms with Crippen LogP contribution in [0.2, 0.25) is 0 Å². The van der Waals surface area contributed by atoms with E-state index in [1.165, 1.54) is 0 Å². The monoisotopic (exact) mass is 340 g/mol. The van der Waals surface area contributed by atoms with E-state index in [4.69, 9.17) is 4.74 Å². The predicted molar refractivity (Wildman–Crippen MR) is 87.6 cm³/mol. The Labute approximate surface area is 137 Å². The summed E-state index contributed by atoms with van der Waals surface area (Å²) in [7, 11) is -3.10. The molecule has 2 aliphatic rings. The van der Waals surface area contributed by atoms with E-state index < -0.39 is 10.0 Å². The lowest BCUT2D eigenvalue weighted by Gasteiger charge is -2.45. The van der Waals surface area contributed by atoms with E-state index in [-0.39, 0.29) is 17.4 Å². The molecule has 0 amide bonds. The first-order valence-corrected chi connectivity index (χ1v) is 9.79. The number of nitrogens with zero attached hydrogens (tertiary/aromatic N) is 3. The fourth-order valence-corrected chi connectivity index (χ4v) is 4.51. The fourth-order valence-electron chi connectivity index (χ4n) is 3.41.